The Kier molecular flexibility index (Phi) is 3.13. The summed E-state index contributed by atoms with van der Waals surface area (Å²) in [5.74, 6) is 0.634. The van der Waals surface area contributed by atoms with Gasteiger partial charge in [0, 0.05) is 20.1 Å². The number of piperazine rings is 1. The quantitative estimate of drug-likeness (QED) is 0.713. The number of nitrogens with one attached hydrogen (secondary N) is 1. The van der Waals surface area contributed by atoms with Crippen molar-refractivity contribution in [3.8, 4) is 0 Å². The molecule has 86 valence electrons. The van der Waals surface area contributed by atoms with E-state index >= 15 is 0 Å². The molecule has 1 saturated heterocycles. The second-order valence-electron chi connectivity index (χ2n) is 3.61. The van der Waals surface area contributed by atoms with E-state index in [4.69, 9.17) is 0 Å². The Bertz CT molecular complexity index is 473. The minimum Gasteiger partial charge on any atom is -0.344 e. The second kappa shape index (κ2) is 4.40. The molecule has 1 N–H and O–H groups in total. The van der Waals surface area contributed by atoms with Gasteiger partial charge in [-0.25, -0.2) is 4.98 Å². The minimum atomic E-state index is -0.169. The Hall–Kier alpha value is -1.12. The molecule has 0 radical (unpaired) electrons. The molecule has 1 aromatic heterocycles. The third-order valence-corrected chi connectivity index (χ3v) is 3.51. The summed E-state index contributed by atoms with van der Waals surface area (Å²) >= 11 is 1.95. The highest BCUT2D eigenvalue weighted by Gasteiger charge is 2.23. The summed E-state index contributed by atoms with van der Waals surface area (Å²) in [5, 5.41) is 0. The van der Waals surface area contributed by atoms with Crippen LogP contribution in [0.2, 0.25) is 0 Å². The number of hydrogen-bond donors (Lipinski definition) is 1. The Labute approximate surface area is 106 Å². The van der Waals surface area contributed by atoms with E-state index in [0.717, 1.165) is 0 Å². The Balaban J connectivity index is 2.29. The van der Waals surface area contributed by atoms with Crippen molar-refractivity contribution in [1.29, 1.82) is 0 Å². The van der Waals surface area contributed by atoms with Crippen molar-refractivity contribution >= 4 is 34.3 Å². The number of halogens is 1. The van der Waals surface area contributed by atoms with Crippen molar-refractivity contribution in [3.05, 3.63) is 20.3 Å². The van der Waals surface area contributed by atoms with Gasteiger partial charge in [0.15, 0.2) is 0 Å². The number of H-pyrrole nitrogens is 1. The van der Waals surface area contributed by atoms with Crippen LogP contribution in [-0.2, 0) is 4.79 Å². The number of carbonyl (C=O) groups is 1. The maximum absolute atomic E-state index is 11.5. The first-order valence-corrected chi connectivity index (χ1v) is 5.89. The van der Waals surface area contributed by atoms with Crippen LogP contribution in [0.25, 0.3) is 0 Å². The zero-order valence-electron chi connectivity index (χ0n) is 8.73. The van der Waals surface area contributed by atoms with Gasteiger partial charge in [-0.2, -0.15) is 0 Å². The molecule has 6 nitrogen and oxygen atoms in total. The van der Waals surface area contributed by atoms with Crippen molar-refractivity contribution in [2.45, 2.75) is 0 Å². The molecule has 0 unspecified atom stereocenters. The van der Waals surface area contributed by atoms with E-state index in [-0.39, 0.29) is 18.0 Å². The Morgan fingerprint density at radius 2 is 2.19 bits per heavy atom. The Morgan fingerprint density at radius 1 is 1.44 bits per heavy atom. The highest BCUT2D eigenvalue weighted by molar-refractivity contribution is 14.1. The molecule has 1 fully saturated rings. The molecule has 0 saturated carbocycles. The van der Waals surface area contributed by atoms with E-state index in [1.165, 1.54) is 6.33 Å². The van der Waals surface area contributed by atoms with Gasteiger partial charge in [-0.1, -0.05) is 0 Å². The molecular formula is C9H11IN4O2. The number of amides is 1. The number of aromatic amines is 1. The number of likely N-dealkylation sites (N-methyl/N-ethyl adjacent to an activating group) is 1. The fraction of sp³-hybridized carbons (Fsp3) is 0.444. The van der Waals surface area contributed by atoms with E-state index in [2.05, 4.69) is 9.97 Å². The summed E-state index contributed by atoms with van der Waals surface area (Å²) in [7, 11) is 1.77. The second-order valence-corrected chi connectivity index (χ2v) is 4.68. The highest BCUT2D eigenvalue weighted by atomic mass is 127. The molecule has 2 rings (SSSR count). The van der Waals surface area contributed by atoms with E-state index in [0.29, 0.717) is 22.5 Å². The van der Waals surface area contributed by atoms with Crippen LogP contribution < -0.4 is 10.5 Å². The van der Waals surface area contributed by atoms with Crippen LogP contribution in [0.5, 0.6) is 0 Å². The number of hydrogen-bond acceptors (Lipinski definition) is 4. The van der Waals surface area contributed by atoms with Crippen molar-refractivity contribution in [1.82, 2.24) is 14.9 Å². The first kappa shape index (κ1) is 11.4. The SMILES string of the molecule is CN1CCN(c2nc[nH]c(=O)c2I)CC1=O. The summed E-state index contributed by atoms with van der Waals surface area (Å²) in [5.41, 5.74) is -0.169. The molecule has 0 aliphatic carbocycles. The third-order valence-electron chi connectivity index (χ3n) is 2.53. The van der Waals surface area contributed by atoms with Crippen LogP contribution in [0.3, 0.4) is 0 Å². The molecule has 0 spiro atoms. The van der Waals surface area contributed by atoms with E-state index < -0.39 is 0 Å². The fourth-order valence-corrected chi connectivity index (χ4v) is 2.17. The zero-order valence-corrected chi connectivity index (χ0v) is 10.9. The summed E-state index contributed by atoms with van der Waals surface area (Å²) in [6.07, 6.45) is 1.36. The number of aromatic nitrogens is 2. The van der Waals surface area contributed by atoms with Crippen LogP contribution in [0.4, 0.5) is 5.82 Å². The van der Waals surface area contributed by atoms with Gasteiger partial charge in [-0.05, 0) is 22.6 Å². The topological polar surface area (TPSA) is 69.3 Å². The summed E-state index contributed by atoms with van der Waals surface area (Å²) in [6.45, 7) is 1.64. The van der Waals surface area contributed by atoms with Gasteiger partial charge in [0.2, 0.25) is 5.91 Å². The van der Waals surface area contributed by atoms with Crippen LogP contribution in [0.1, 0.15) is 0 Å². The number of carbonyl (C=O) groups excluding carboxylic acids is 1. The highest BCUT2D eigenvalue weighted by Crippen LogP contribution is 2.17. The van der Waals surface area contributed by atoms with Crippen LogP contribution in [0.15, 0.2) is 11.1 Å². The maximum atomic E-state index is 11.5. The smallest absolute Gasteiger partial charge is 0.266 e. The van der Waals surface area contributed by atoms with Gasteiger partial charge in [0.25, 0.3) is 5.56 Å². The predicted molar refractivity (Wildman–Crippen MR) is 67.4 cm³/mol. The standard InChI is InChI=1S/C9H11IN4O2/c1-13-2-3-14(4-6(13)15)8-7(10)9(16)12-5-11-8/h5H,2-4H2,1H3,(H,11,12,16). The lowest BCUT2D eigenvalue weighted by Gasteiger charge is -2.32. The lowest BCUT2D eigenvalue weighted by atomic mass is 10.3. The first-order valence-electron chi connectivity index (χ1n) is 4.81. The predicted octanol–water partition coefficient (Wildman–Crippen LogP) is -0.347. The molecule has 16 heavy (non-hydrogen) atoms. The molecule has 7 heteroatoms. The summed E-state index contributed by atoms with van der Waals surface area (Å²) < 4.78 is 0.525. The summed E-state index contributed by atoms with van der Waals surface area (Å²) in [4.78, 5) is 33.1. The average molecular weight is 334 g/mol. The molecule has 0 atom stereocenters. The van der Waals surface area contributed by atoms with Crippen molar-refractivity contribution in [2.24, 2.45) is 0 Å². The van der Waals surface area contributed by atoms with Gasteiger partial charge in [-0.3, -0.25) is 9.59 Å². The van der Waals surface area contributed by atoms with Crippen molar-refractivity contribution in [2.75, 3.05) is 31.6 Å². The third kappa shape index (κ3) is 2.04. The van der Waals surface area contributed by atoms with Gasteiger partial charge in [-0.15, -0.1) is 0 Å². The molecule has 0 bridgehead atoms. The van der Waals surface area contributed by atoms with Gasteiger partial charge in [0.05, 0.1) is 12.9 Å². The molecule has 2 heterocycles. The van der Waals surface area contributed by atoms with Gasteiger partial charge in [0.1, 0.15) is 9.39 Å². The number of anilines is 1. The van der Waals surface area contributed by atoms with Crippen molar-refractivity contribution < 1.29 is 4.79 Å². The van der Waals surface area contributed by atoms with E-state index in [1.807, 2.05) is 27.5 Å². The molecule has 1 aliphatic rings. The van der Waals surface area contributed by atoms with Gasteiger partial charge < -0.3 is 14.8 Å². The maximum Gasteiger partial charge on any atom is 0.266 e. The van der Waals surface area contributed by atoms with Crippen LogP contribution in [-0.4, -0.2) is 47.5 Å². The minimum absolute atomic E-state index is 0.0455. The van der Waals surface area contributed by atoms with E-state index in [1.54, 1.807) is 11.9 Å². The monoisotopic (exact) mass is 334 g/mol. The van der Waals surface area contributed by atoms with Crippen molar-refractivity contribution in [3.63, 3.8) is 0 Å². The number of rotatable bonds is 1. The molecule has 0 aromatic carbocycles. The zero-order chi connectivity index (χ0) is 11.7. The normalized spacial score (nSPS) is 16.8. The largest absolute Gasteiger partial charge is 0.344 e. The molecule has 1 amide bonds. The van der Waals surface area contributed by atoms with Gasteiger partial charge >= 0.3 is 0 Å². The number of nitrogens with zero attached hydrogens (tertiary/aromatic N) is 3. The molecule has 1 aromatic rings. The van der Waals surface area contributed by atoms with Crippen LogP contribution >= 0.6 is 22.6 Å². The van der Waals surface area contributed by atoms with Crippen LogP contribution in [0, 0.1) is 3.57 Å². The average Bonchev–Trinajstić information content (AvgIpc) is 2.26. The Morgan fingerprint density at radius 3 is 2.88 bits per heavy atom. The molecule has 1 aliphatic heterocycles. The first-order chi connectivity index (χ1) is 7.59. The summed E-state index contributed by atoms with van der Waals surface area (Å²) in [6, 6.07) is 0. The lowest BCUT2D eigenvalue weighted by Crippen LogP contribution is -2.49. The fourth-order valence-electron chi connectivity index (χ4n) is 1.53. The molecular weight excluding hydrogens is 323 g/mol. The lowest BCUT2D eigenvalue weighted by molar-refractivity contribution is -0.129. The van der Waals surface area contributed by atoms with E-state index in [9.17, 15) is 9.59 Å².